The second kappa shape index (κ2) is 5.47. The van der Waals surface area contributed by atoms with Gasteiger partial charge in [-0.2, -0.15) is 0 Å². The van der Waals surface area contributed by atoms with Crippen LogP contribution >= 0.6 is 0 Å². The number of sulfone groups is 1. The lowest BCUT2D eigenvalue weighted by Gasteiger charge is -2.26. The molecule has 1 unspecified atom stereocenters. The highest BCUT2D eigenvalue weighted by Crippen LogP contribution is 2.31. The minimum absolute atomic E-state index is 0.0521. The fourth-order valence-corrected chi connectivity index (χ4v) is 2.23. The minimum Gasteiger partial charge on any atom is -0.481 e. The van der Waals surface area contributed by atoms with E-state index in [9.17, 15) is 13.2 Å². The van der Waals surface area contributed by atoms with E-state index in [0.717, 1.165) is 6.26 Å². The van der Waals surface area contributed by atoms with E-state index in [-0.39, 0.29) is 18.2 Å². The number of rotatable bonds is 6. The summed E-state index contributed by atoms with van der Waals surface area (Å²) in [6.07, 6.45) is 0.934. The molecule has 20 heavy (non-hydrogen) atoms. The van der Waals surface area contributed by atoms with Crippen molar-refractivity contribution in [2.24, 2.45) is 5.92 Å². The van der Waals surface area contributed by atoms with Gasteiger partial charge in [-0.15, -0.1) is 5.10 Å². The third-order valence-electron chi connectivity index (χ3n) is 3.43. The number of hydrogen-bond acceptors (Lipinski definition) is 6. The van der Waals surface area contributed by atoms with Gasteiger partial charge in [0.1, 0.15) is 4.75 Å². The fraction of sp³-hybridized carbons (Fsp3) is 0.818. The van der Waals surface area contributed by atoms with Crippen LogP contribution in [-0.4, -0.2) is 46.0 Å². The monoisotopic (exact) mass is 304 g/mol. The summed E-state index contributed by atoms with van der Waals surface area (Å²) in [6.45, 7) is 6.68. The maximum Gasteiger partial charge on any atom is 0.305 e. The highest BCUT2D eigenvalue weighted by atomic mass is 32.2. The van der Waals surface area contributed by atoms with Gasteiger partial charge < -0.3 is 5.11 Å². The Morgan fingerprint density at radius 2 is 1.95 bits per heavy atom. The average molecular weight is 304 g/mol. The maximum atomic E-state index is 11.9. The van der Waals surface area contributed by atoms with Crippen molar-refractivity contribution >= 4 is 15.8 Å². The van der Waals surface area contributed by atoms with Gasteiger partial charge in [0, 0.05) is 6.26 Å². The summed E-state index contributed by atoms with van der Waals surface area (Å²) in [7, 11) is -3.45. The summed E-state index contributed by atoms with van der Waals surface area (Å²) < 4.78 is 23.8. The Hall–Kier alpha value is -1.51. The Morgan fingerprint density at radius 1 is 1.40 bits per heavy atom. The van der Waals surface area contributed by atoms with Crippen molar-refractivity contribution in [2.75, 3.05) is 6.26 Å². The van der Waals surface area contributed by atoms with Crippen LogP contribution in [0.2, 0.25) is 0 Å². The van der Waals surface area contributed by atoms with Crippen molar-refractivity contribution in [3.63, 3.8) is 0 Å². The number of tetrazole rings is 1. The summed E-state index contributed by atoms with van der Waals surface area (Å²) in [5.41, 5.74) is 0. The zero-order valence-electron chi connectivity index (χ0n) is 12.2. The van der Waals surface area contributed by atoms with Gasteiger partial charge in [-0.3, -0.25) is 4.79 Å². The first-order valence-corrected chi connectivity index (χ1v) is 8.07. The van der Waals surface area contributed by atoms with Crippen LogP contribution in [0.25, 0.3) is 0 Å². The molecule has 1 rings (SSSR count). The Kier molecular flexibility index (Phi) is 4.52. The lowest BCUT2D eigenvalue weighted by atomic mass is 10.0. The summed E-state index contributed by atoms with van der Waals surface area (Å²) >= 11 is 0. The van der Waals surface area contributed by atoms with Crippen LogP contribution in [0, 0.1) is 5.92 Å². The molecule has 0 fully saturated rings. The molecule has 1 atom stereocenters. The molecule has 0 aliphatic carbocycles. The molecule has 0 radical (unpaired) electrons. The van der Waals surface area contributed by atoms with Gasteiger partial charge in [-0.05, 0) is 30.2 Å². The number of carboxylic acid groups (broad SMARTS) is 1. The third-order valence-corrected chi connectivity index (χ3v) is 5.46. The fourth-order valence-electron chi connectivity index (χ4n) is 1.76. The Labute approximate surface area is 118 Å². The molecule has 0 spiro atoms. The number of hydrogen-bond donors (Lipinski definition) is 1. The molecule has 0 saturated heterocycles. The number of carboxylic acids is 1. The van der Waals surface area contributed by atoms with Gasteiger partial charge in [-0.25, -0.2) is 13.1 Å². The molecule has 1 heterocycles. The lowest BCUT2D eigenvalue weighted by molar-refractivity contribution is -0.138. The van der Waals surface area contributed by atoms with Crippen molar-refractivity contribution in [3.05, 3.63) is 5.82 Å². The molecule has 0 aliphatic rings. The quantitative estimate of drug-likeness (QED) is 0.819. The van der Waals surface area contributed by atoms with Crippen LogP contribution in [0.4, 0.5) is 0 Å². The van der Waals surface area contributed by atoms with Gasteiger partial charge in [-0.1, -0.05) is 13.8 Å². The van der Waals surface area contributed by atoms with Crippen molar-refractivity contribution < 1.29 is 18.3 Å². The Balaban J connectivity index is 3.35. The lowest BCUT2D eigenvalue weighted by Crippen LogP contribution is -2.34. The molecule has 8 nitrogen and oxygen atoms in total. The van der Waals surface area contributed by atoms with Gasteiger partial charge >= 0.3 is 5.97 Å². The molecular weight excluding hydrogens is 284 g/mol. The summed E-state index contributed by atoms with van der Waals surface area (Å²) in [5, 5.41) is 20.1. The van der Waals surface area contributed by atoms with Gasteiger partial charge in [0.2, 0.25) is 0 Å². The van der Waals surface area contributed by atoms with Crippen LogP contribution in [-0.2, 0) is 19.4 Å². The number of aliphatic carboxylic acids is 1. The van der Waals surface area contributed by atoms with E-state index in [1.54, 1.807) is 0 Å². The number of nitrogens with zero attached hydrogens (tertiary/aromatic N) is 4. The van der Waals surface area contributed by atoms with Crippen LogP contribution in [0.15, 0.2) is 0 Å². The summed E-state index contributed by atoms with van der Waals surface area (Å²) in [6, 6.07) is -0.501. The minimum atomic E-state index is -3.45. The first kappa shape index (κ1) is 16.5. The van der Waals surface area contributed by atoms with Crippen LogP contribution in [0.3, 0.4) is 0 Å². The zero-order valence-corrected chi connectivity index (χ0v) is 13.0. The van der Waals surface area contributed by atoms with Gasteiger partial charge in [0.05, 0.1) is 12.5 Å². The SMILES string of the molecule is CC(C)C(CC(=O)O)n1nnnc1C(C)(C)S(C)(=O)=O. The number of carbonyl (C=O) groups is 1. The molecular formula is C11H20N4O4S. The highest BCUT2D eigenvalue weighted by Gasteiger charge is 2.39. The smallest absolute Gasteiger partial charge is 0.305 e. The van der Waals surface area contributed by atoms with Crippen LogP contribution in [0.5, 0.6) is 0 Å². The summed E-state index contributed by atoms with van der Waals surface area (Å²) in [4.78, 5) is 11.0. The predicted molar refractivity (Wildman–Crippen MR) is 71.8 cm³/mol. The normalized spacial score (nSPS) is 14.5. The average Bonchev–Trinajstić information content (AvgIpc) is 2.72. The molecule has 1 aromatic rings. The first-order valence-electron chi connectivity index (χ1n) is 6.18. The molecule has 0 saturated carbocycles. The van der Waals surface area contributed by atoms with E-state index in [2.05, 4.69) is 15.5 Å². The van der Waals surface area contributed by atoms with Crippen LogP contribution < -0.4 is 0 Å². The Bertz CT molecular complexity index is 591. The van der Waals surface area contributed by atoms with E-state index in [0.29, 0.717) is 0 Å². The molecule has 9 heteroatoms. The van der Waals surface area contributed by atoms with E-state index in [1.165, 1.54) is 18.5 Å². The largest absolute Gasteiger partial charge is 0.481 e. The first-order chi connectivity index (χ1) is 8.98. The van der Waals surface area contributed by atoms with Gasteiger partial charge in [0.25, 0.3) is 0 Å². The second-order valence-electron chi connectivity index (χ2n) is 5.64. The third kappa shape index (κ3) is 3.14. The standard InChI is InChI=1S/C11H20N4O4S/c1-7(2)8(6-9(16)17)15-10(12-13-14-15)11(3,4)20(5,18)19/h7-8H,6H2,1-5H3,(H,16,17). The van der Waals surface area contributed by atoms with Crippen LogP contribution in [0.1, 0.15) is 46.0 Å². The molecule has 114 valence electrons. The zero-order chi connectivity index (χ0) is 15.7. The Morgan fingerprint density at radius 3 is 2.35 bits per heavy atom. The molecule has 1 N–H and O–H groups in total. The van der Waals surface area contributed by atoms with Crippen molar-refractivity contribution in [1.29, 1.82) is 0 Å². The van der Waals surface area contributed by atoms with E-state index < -0.39 is 26.6 Å². The predicted octanol–water partition coefficient (Wildman–Crippen LogP) is 0.625. The number of aromatic nitrogens is 4. The van der Waals surface area contributed by atoms with E-state index in [1.807, 2.05) is 13.8 Å². The van der Waals surface area contributed by atoms with Gasteiger partial charge in [0.15, 0.2) is 15.7 Å². The highest BCUT2D eigenvalue weighted by molar-refractivity contribution is 7.91. The van der Waals surface area contributed by atoms with E-state index >= 15 is 0 Å². The second-order valence-corrected chi connectivity index (χ2v) is 8.20. The molecule has 0 bridgehead atoms. The molecule has 0 aliphatic heterocycles. The maximum absolute atomic E-state index is 11.9. The summed E-state index contributed by atoms with van der Waals surface area (Å²) in [5.74, 6) is -0.883. The molecule has 1 aromatic heterocycles. The molecule has 0 amide bonds. The van der Waals surface area contributed by atoms with Crippen molar-refractivity contribution in [1.82, 2.24) is 20.2 Å². The topological polar surface area (TPSA) is 115 Å². The van der Waals surface area contributed by atoms with Crippen molar-refractivity contribution in [3.8, 4) is 0 Å². The van der Waals surface area contributed by atoms with Crippen molar-refractivity contribution in [2.45, 2.75) is 44.9 Å². The molecule has 0 aromatic carbocycles. The van der Waals surface area contributed by atoms with E-state index in [4.69, 9.17) is 5.11 Å².